The van der Waals surface area contributed by atoms with Gasteiger partial charge in [-0.25, -0.2) is 0 Å². The monoisotopic (exact) mass is 336 g/mol. The second-order valence-electron chi connectivity index (χ2n) is 5.38. The fourth-order valence-corrected chi connectivity index (χ4v) is 2.17. The Bertz CT molecular complexity index is 764. The number of carbonyl (C=O) groups excluding carboxylic acids is 1. The van der Waals surface area contributed by atoms with E-state index in [-0.39, 0.29) is 11.6 Å². The minimum absolute atomic E-state index is 0.0178. The third-order valence-electron chi connectivity index (χ3n) is 3.60. The molecule has 0 aliphatic carbocycles. The van der Waals surface area contributed by atoms with E-state index in [1.807, 2.05) is 49.4 Å². The molecule has 6 nitrogen and oxygen atoms in total. The second kappa shape index (κ2) is 9.08. The molecule has 0 saturated carbocycles. The number of hydrogen-bond acceptors (Lipinski definition) is 5. The van der Waals surface area contributed by atoms with Gasteiger partial charge in [0.25, 0.3) is 5.91 Å². The lowest BCUT2D eigenvalue weighted by Gasteiger charge is -2.14. The SMILES string of the molecule is COc1ccc(C(C)NC(=O)/C(C#N)=C\NCc2cccnc2)cc1. The van der Waals surface area contributed by atoms with Gasteiger partial charge in [0.2, 0.25) is 0 Å². The van der Waals surface area contributed by atoms with Crippen molar-refractivity contribution in [3.8, 4) is 11.8 Å². The van der Waals surface area contributed by atoms with Crippen LogP contribution in [0, 0.1) is 11.3 Å². The second-order valence-corrected chi connectivity index (χ2v) is 5.38. The molecule has 0 saturated heterocycles. The van der Waals surface area contributed by atoms with Crippen molar-refractivity contribution >= 4 is 5.91 Å². The molecule has 1 amide bonds. The van der Waals surface area contributed by atoms with E-state index in [0.717, 1.165) is 16.9 Å². The first-order valence-corrected chi connectivity index (χ1v) is 7.81. The van der Waals surface area contributed by atoms with Crippen molar-refractivity contribution in [2.45, 2.75) is 19.5 Å². The zero-order chi connectivity index (χ0) is 18.1. The molecule has 0 aliphatic heterocycles. The molecular formula is C19H20N4O2. The number of benzene rings is 1. The Morgan fingerprint density at radius 2 is 2.12 bits per heavy atom. The molecule has 1 aromatic heterocycles. The number of nitrogens with zero attached hydrogens (tertiary/aromatic N) is 2. The zero-order valence-corrected chi connectivity index (χ0v) is 14.2. The number of carbonyl (C=O) groups is 1. The lowest BCUT2D eigenvalue weighted by Crippen LogP contribution is -2.28. The van der Waals surface area contributed by atoms with Crippen molar-refractivity contribution in [3.63, 3.8) is 0 Å². The van der Waals surface area contributed by atoms with Gasteiger partial charge in [-0.1, -0.05) is 18.2 Å². The number of amides is 1. The predicted molar refractivity (Wildman–Crippen MR) is 94.3 cm³/mol. The third-order valence-corrected chi connectivity index (χ3v) is 3.60. The summed E-state index contributed by atoms with van der Waals surface area (Å²) in [6.45, 7) is 2.35. The van der Waals surface area contributed by atoms with Gasteiger partial charge in [0.1, 0.15) is 17.4 Å². The normalized spacial score (nSPS) is 12.0. The van der Waals surface area contributed by atoms with E-state index >= 15 is 0 Å². The van der Waals surface area contributed by atoms with Gasteiger partial charge in [0, 0.05) is 25.1 Å². The molecule has 25 heavy (non-hydrogen) atoms. The molecule has 2 N–H and O–H groups in total. The molecule has 0 spiro atoms. The maximum absolute atomic E-state index is 12.2. The fourth-order valence-electron chi connectivity index (χ4n) is 2.17. The van der Waals surface area contributed by atoms with Crippen molar-refractivity contribution in [3.05, 3.63) is 71.7 Å². The number of nitriles is 1. The van der Waals surface area contributed by atoms with Crippen molar-refractivity contribution in [2.24, 2.45) is 0 Å². The largest absolute Gasteiger partial charge is 0.497 e. The van der Waals surface area contributed by atoms with Crippen molar-refractivity contribution in [1.29, 1.82) is 5.26 Å². The Balaban J connectivity index is 1.94. The van der Waals surface area contributed by atoms with Gasteiger partial charge in [0.05, 0.1) is 13.2 Å². The summed E-state index contributed by atoms with van der Waals surface area (Å²) in [5.74, 6) is 0.323. The highest BCUT2D eigenvalue weighted by atomic mass is 16.5. The Labute approximate surface area is 147 Å². The van der Waals surface area contributed by atoms with E-state index in [9.17, 15) is 10.1 Å². The van der Waals surface area contributed by atoms with Crippen LogP contribution < -0.4 is 15.4 Å². The lowest BCUT2D eigenvalue weighted by atomic mass is 10.1. The summed E-state index contributed by atoms with van der Waals surface area (Å²) < 4.78 is 5.11. The number of hydrogen-bond donors (Lipinski definition) is 2. The predicted octanol–water partition coefficient (Wildman–Crippen LogP) is 2.46. The van der Waals surface area contributed by atoms with Gasteiger partial charge >= 0.3 is 0 Å². The van der Waals surface area contributed by atoms with Gasteiger partial charge < -0.3 is 15.4 Å². The van der Waals surface area contributed by atoms with Crippen LogP contribution in [-0.2, 0) is 11.3 Å². The Morgan fingerprint density at radius 3 is 2.72 bits per heavy atom. The molecule has 0 fully saturated rings. The van der Waals surface area contributed by atoms with E-state index in [4.69, 9.17) is 4.74 Å². The number of aromatic nitrogens is 1. The summed E-state index contributed by atoms with van der Waals surface area (Å²) in [6.07, 6.45) is 4.83. The van der Waals surface area contributed by atoms with Crippen molar-refractivity contribution in [1.82, 2.24) is 15.6 Å². The summed E-state index contributed by atoms with van der Waals surface area (Å²) in [5.41, 5.74) is 1.90. The Kier molecular flexibility index (Phi) is 6.55. The number of methoxy groups -OCH3 is 1. The van der Waals surface area contributed by atoms with E-state index < -0.39 is 5.91 Å². The number of rotatable bonds is 7. The molecule has 1 aromatic carbocycles. The van der Waals surface area contributed by atoms with Crippen LogP contribution in [-0.4, -0.2) is 18.0 Å². The average molecular weight is 336 g/mol. The summed E-state index contributed by atoms with van der Waals surface area (Å²) >= 11 is 0. The van der Waals surface area contributed by atoms with Crippen LogP contribution in [0.1, 0.15) is 24.1 Å². The molecule has 6 heteroatoms. The highest BCUT2D eigenvalue weighted by molar-refractivity contribution is 5.97. The van der Waals surface area contributed by atoms with E-state index in [1.54, 1.807) is 19.5 Å². The van der Waals surface area contributed by atoms with Gasteiger partial charge in [0.15, 0.2) is 0 Å². The Hall–Kier alpha value is -3.33. The summed E-state index contributed by atoms with van der Waals surface area (Å²) in [4.78, 5) is 16.3. The highest BCUT2D eigenvalue weighted by Gasteiger charge is 2.13. The first kappa shape index (κ1) is 18.0. The maximum Gasteiger partial charge on any atom is 0.263 e. The van der Waals surface area contributed by atoms with Crippen LogP contribution in [0.25, 0.3) is 0 Å². The summed E-state index contributed by atoms with van der Waals surface area (Å²) in [7, 11) is 1.60. The van der Waals surface area contributed by atoms with Crippen LogP contribution in [0.5, 0.6) is 5.75 Å². The quantitative estimate of drug-likeness (QED) is 0.599. The topological polar surface area (TPSA) is 87.0 Å². The number of nitrogens with one attached hydrogen (secondary N) is 2. The number of pyridine rings is 1. The molecule has 2 rings (SSSR count). The van der Waals surface area contributed by atoms with Crippen LogP contribution in [0.15, 0.2) is 60.6 Å². The molecule has 0 aliphatic rings. The maximum atomic E-state index is 12.2. The van der Waals surface area contributed by atoms with E-state index in [1.165, 1.54) is 6.20 Å². The molecule has 0 bridgehead atoms. The fraction of sp³-hybridized carbons (Fsp3) is 0.211. The molecule has 1 atom stereocenters. The molecule has 128 valence electrons. The van der Waals surface area contributed by atoms with Crippen LogP contribution >= 0.6 is 0 Å². The summed E-state index contributed by atoms with van der Waals surface area (Å²) in [5, 5.41) is 15.0. The van der Waals surface area contributed by atoms with E-state index in [2.05, 4.69) is 15.6 Å². The first-order valence-electron chi connectivity index (χ1n) is 7.81. The molecule has 1 heterocycles. The first-order chi connectivity index (χ1) is 12.1. The molecular weight excluding hydrogens is 316 g/mol. The van der Waals surface area contributed by atoms with Gasteiger partial charge in [-0.3, -0.25) is 9.78 Å². The van der Waals surface area contributed by atoms with E-state index in [0.29, 0.717) is 6.54 Å². The molecule has 2 aromatic rings. The van der Waals surface area contributed by atoms with Gasteiger partial charge in [-0.15, -0.1) is 0 Å². The van der Waals surface area contributed by atoms with Gasteiger partial charge in [-0.05, 0) is 36.2 Å². The van der Waals surface area contributed by atoms with Crippen LogP contribution in [0.4, 0.5) is 0 Å². The summed E-state index contributed by atoms with van der Waals surface area (Å²) in [6, 6.07) is 12.8. The van der Waals surface area contributed by atoms with Crippen LogP contribution in [0.2, 0.25) is 0 Å². The lowest BCUT2D eigenvalue weighted by molar-refractivity contribution is -0.117. The zero-order valence-electron chi connectivity index (χ0n) is 14.2. The minimum Gasteiger partial charge on any atom is -0.497 e. The molecule has 1 unspecified atom stereocenters. The minimum atomic E-state index is -0.426. The van der Waals surface area contributed by atoms with Crippen LogP contribution in [0.3, 0.4) is 0 Å². The Morgan fingerprint density at radius 1 is 1.36 bits per heavy atom. The number of ether oxygens (including phenoxy) is 1. The average Bonchev–Trinajstić information content (AvgIpc) is 2.66. The highest BCUT2D eigenvalue weighted by Crippen LogP contribution is 2.17. The van der Waals surface area contributed by atoms with Crippen molar-refractivity contribution < 1.29 is 9.53 Å². The third kappa shape index (κ3) is 5.36. The van der Waals surface area contributed by atoms with Crippen molar-refractivity contribution in [2.75, 3.05) is 7.11 Å². The standard InChI is InChI=1S/C19H20N4O2/c1-14(16-5-7-18(25-2)8-6-16)23-19(24)17(10-20)13-22-12-15-4-3-9-21-11-15/h3-9,11,13-14,22H,12H2,1-2H3,(H,23,24)/b17-13-. The molecule has 0 radical (unpaired) electrons. The van der Waals surface area contributed by atoms with Gasteiger partial charge in [-0.2, -0.15) is 5.26 Å². The smallest absolute Gasteiger partial charge is 0.263 e.